The van der Waals surface area contributed by atoms with Crippen molar-refractivity contribution < 1.29 is 14.3 Å². The molecule has 0 bridgehead atoms. The fourth-order valence-corrected chi connectivity index (χ4v) is 1.61. The summed E-state index contributed by atoms with van der Waals surface area (Å²) in [4.78, 5) is 23.2. The molecule has 0 unspecified atom stereocenters. The third kappa shape index (κ3) is 4.11. The third-order valence-corrected chi connectivity index (χ3v) is 2.62. The number of hydrogen-bond donors (Lipinski definition) is 2. The molecule has 1 aromatic carbocycles. The summed E-state index contributed by atoms with van der Waals surface area (Å²) >= 11 is 0. The van der Waals surface area contributed by atoms with Crippen LogP contribution >= 0.6 is 0 Å². The number of carbonyl (C=O) groups excluding carboxylic acids is 2. The lowest BCUT2D eigenvalue weighted by Crippen LogP contribution is -2.37. The Balaban J connectivity index is 1.98. The van der Waals surface area contributed by atoms with Crippen LogP contribution in [0.5, 0.6) is 0 Å². The molecule has 1 aromatic heterocycles. The van der Waals surface area contributed by atoms with Crippen molar-refractivity contribution in [2.24, 2.45) is 0 Å². The van der Waals surface area contributed by atoms with E-state index < -0.39 is 11.8 Å². The highest BCUT2D eigenvalue weighted by atomic mass is 16.5. The number of aromatic nitrogens is 3. The van der Waals surface area contributed by atoms with Gasteiger partial charge in [0.05, 0.1) is 12.3 Å². The molecule has 0 saturated heterocycles. The minimum absolute atomic E-state index is 0.281. The quantitative estimate of drug-likeness (QED) is 0.595. The van der Waals surface area contributed by atoms with Crippen molar-refractivity contribution in [1.82, 2.24) is 20.1 Å². The van der Waals surface area contributed by atoms with Crippen LogP contribution in [0.3, 0.4) is 0 Å². The fraction of sp³-hybridized carbons (Fsp3) is 0.231. The molecule has 8 heteroatoms. The normalized spacial score (nSPS) is 10.1. The van der Waals surface area contributed by atoms with Crippen molar-refractivity contribution in [2.45, 2.75) is 0 Å². The molecule has 0 fully saturated rings. The van der Waals surface area contributed by atoms with Gasteiger partial charge in [0.2, 0.25) is 0 Å². The maximum absolute atomic E-state index is 11.7. The summed E-state index contributed by atoms with van der Waals surface area (Å²) in [5, 5.41) is 12.4. The van der Waals surface area contributed by atoms with Crippen LogP contribution in [0.15, 0.2) is 36.9 Å². The maximum Gasteiger partial charge on any atom is 0.313 e. The predicted molar refractivity (Wildman–Crippen MR) is 74.9 cm³/mol. The van der Waals surface area contributed by atoms with Gasteiger partial charge < -0.3 is 15.4 Å². The number of ether oxygens (including phenoxy) is 1. The minimum Gasteiger partial charge on any atom is -0.383 e. The number of nitrogens with one attached hydrogen (secondary N) is 2. The molecule has 2 amide bonds. The molecule has 0 atom stereocenters. The van der Waals surface area contributed by atoms with Crippen molar-refractivity contribution in [3.8, 4) is 5.69 Å². The van der Waals surface area contributed by atoms with Crippen LogP contribution < -0.4 is 10.6 Å². The van der Waals surface area contributed by atoms with Crippen LogP contribution in [0, 0.1) is 0 Å². The van der Waals surface area contributed by atoms with Crippen molar-refractivity contribution in [3.63, 3.8) is 0 Å². The molecule has 0 aliphatic carbocycles. The highest BCUT2D eigenvalue weighted by Gasteiger charge is 2.13. The Bertz CT molecular complexity index is 612. The lowest BCUT2D eigenvalue weighted by Gasteiger charge is -2.08. The van der Waals surface area contributed by atoms with Crippen LogP contribution in [0.1, 0.15) is 0 Å². The molecule has 0 saturated carbocycles. The van der Waals surface area contributed by atoms with Gasteiger partial charge >= 0.3 is 11.8 Å². The van der Waals surface area contributed by atoms with Gasteiger partial charge in [-0.1, -0.05) is 6.07 Å². The van der Waals surface area contributed by atoms with Gasteiger partial charge in [-0.05, 0) is 18.2 Å². The van der Waals surface area contributed by atoms with E-state index in [0.717, 1.165) is 5.69 Å². The molecule has 0 aliphatic rings. The highest BCUT2D eigenvalue weighted by molar-refractivity contribution is 6.39. The van der Waals surface area contributed by atoms with E-state index in [2.05, 4.69) is 20.8 Å². The molecule has 2 aromatic rings. The predicted octanol–water partition coefficient (Wildman–Crippen LogP) is -0.0316. The zero-order chi connectivity index (χ0) is 15.1. The minimum atomic E-state index is -0.730. The zero-order valence-corrected chi connectivity index (χ0v) is 11.4. The first-order valence-corrected chi connectivity index (χ1v) is 6.24. The Kier molecular flexibility index (Phi) is 4.99. The summed E-state index contributed by atoms with van der Waals surface area (Å²) in [6.07, 6.45) is 3.08. The van der Waals surface area contributed by atoms with Gasteiger partial charge in [-0.15, -0.1) is 10.2 Å². The zero-order valence-electron chi connectivity index (χ0n) is 11.4. The van der Waals surface area contributed by atoms with E-state index in [9.17, 15) is 9.59 Å². The molecule has 0 radical (unpaired) electrons. The Hall–Kier alpha value is -2.74. The summed E-state index contributed by atoms with van der Waals surface area (Å²) in [5.41, 5.74) is 1.28. The van der Waals surface area contributed by atoms with Crippen LogP contribution in [-0.2, 0) is 14.3 Å². The molecule has 110 valence electrons. The van der Waals surface area contributed by atoms with Gasteiger partial charge in [0.15, 0.2) is 0 Å². The van der Waals surface area contributed by atoms with E-state index in [1.54, 1.807) is 35.4 Å². The molecular formula is C13H15N5O3. The SMILES string of the molecule is COCCNC(=O)C(=O)Nc1cccc(-n2cnnc2)c1. The Morgan fingerprint density at radius 2 is 2.00 bits per heavy atom. The number of benzene rings is 1. The highest BCUT2D eigenvalue weighted by Crippen LogP contribution is 2.13. The van der Waals surface area contributed by atoms with Crippen molar-refractivity contribution in [1.29, 1.82) is 0 Å². The Morgan fingerprint density at radius 1 is 1.24 bits per heavy atom. The summed E-state index contributed by atoms with van der Waals surface area (Å²) in [6, 6.07) is 6.99. The van der Waals surface area contributed by atoms with Gasteiger partial charge in [0, 0.05) is 19.3 Å². The first-order chi connectivity index (χ1) is 10.2. The van der Waals surface area contributed by atoms with Gasteiger partial charge in [-0.3, -0.25) is 14.2 Å². The van der Waals surface area contributed by atoms with Crippen LogP contribution in [0.4, 0.5) is 5.69 Å². The molecule has 1 heterocycles. The average Bonchev–Trinajstić information content (AvgIpc) is 3.02. The number of methoxy groups -OCH3 is 1. The van der Waals surface area contributed by atoms with Crippen LogP contribution in [-0.4, -0.2) is 46.8 Å². The molecule has 2 rings (SSSR count). The molecular weight excluding hydrogens is 274 g/mol. The number of nitrogens with zero attached hydrogens (tertiary/aromatic N) is 3. The van der Waals surface area contributed by atoms with Crippen LogP contribution in [0.2, 0.25) is 0 Å². The fourth-order valence-electron chi connectivity index (χ4n) is 1.61. The van der Waals surface area contributed by atoms with Crippen molar-refractivity contribution in [3.05, 3.63) is 36.9 Å². The molecule has 21 heavy (non-hydrogen) atoms. The second-order valence-electron chi connectivity index (χ2n) is 4.12. The van der Waals surface area contributed by atoms with Crippen LogP contribution in [0.25, 0.3) is 5.69 Å². The number of amides is 2. The summed E-state index contributed by atoms with van der Waals surface area (Å²) in [7, 11) is 1.52. The largest absolute Gasteiger partial charge is 0.383 e. The van der Waals surface area contributed by atoms with E-state index in [-0.39, 0.29) is 6.54 Å². The number of rotatable bonds is 5. The summed E-state index contributed by atoms with van der Waals surface area (Å²) in [6.45, 7) is 0.631. The number of carbonyl (C=O) groups is 2. The summed E-state index contributed by atoms with van der Waals surface area (Å²) in [5.74, 6) is -1.44. The molecule has 0 spiro atoms. The lowest BCUT2D eigenvalue weighted by molar-refractivity contribution is -0.136. The number of hydrogen-bond acceptors (Lipinski definition) is 5. The second kappa shape index (κ2) is 7.15. The first kappa shape index (κ1) is 14.7. The lowest BCUT2D eigenvalue weighted by atomic mass is 10.2. The smallest absolute Gasteiger partial charge is 0.313 e. The van der Waals surface area contributed by atoms with E-state index in [0.29, 0.717) is 12.3 Å². The van der Waals surface area contributed by atoms with Crippen molar-refractivity contribution in [2.75, 3.05) is 25.6 Å². The third-order valence-electron chi connectivity index (χ3n) is 2.62. The topological polar surface area (TPSA) is 98.1 Å². The van der Waals surface area contributed by atoms with E-state index in [1.165, 1.54) is 7.11 Å². The molecule has 8 nitrogen and oxygen atoms in total. The summed E-state index contributed by atoms with van der Waals surface area (Å²) < 4.78 is 6.48. The first-order valence-electron chi connectivity index (χ1n) is 6.24. The molecule has 0 aliphatic heterocycles. The second-order valence-corrected chi connectivity index (χ2v) is 4.12. The number of anilines is 1. The molecule has 2 N–H and O–H groups in total. The van der Waals surface area contributed by atoms with E-state index in [4.69, 9.17) is 4.74 Å². The Labute approximate surface area is 121 Å². The standard InChI is InChI=1S/C13H15N5O3/c1-21-6-5-14-12(19)13(20)17-10-3-2-4-11(7-10)18-8-15-16-9-18/h2-4,7-9H,5-6H2,1H3,(H,14,19)(H,17,20). The van der Waals surface area contributed by atoms with Gasteiger partial charge in [-0.25, -0.2) is 0 Å². The average molecular weight is 289 g/mol. The van der Waals surface area contributed by atoms with E-state index >= 15 is 0 Å². The maximum atomic E-state index is 11.7. The van der Waals surface area contributed by atoms with Gasteiger partial charge in [-0.2, -0.15) is 0 Å². The Morgan fingerprint density at radius 3 is 2.71 bits per heavy atom. The monoisotopic (exact) mass is 289 g/mol. The van der Waals surface area contributed by atoms with Gasteiger partial charge in [0.1, 0.15) is 12.7 Å². The van der Waals surface area contributed by atoms with E-state index in [1.807, 2.05) is 6.07 Å². The van der Waals surface area contributed by atoms with Crippen molar-refractivity contribution >= 4 is 17.5 Å². The van der Waals surface area contributed by atoms with Gasteiger partial charge in [0.25, 0.3) is 0 Å².